The highest BCUT2D eigenvalue weighted by molar-refractivity contribution is 5.92. The van der Waals surface area contributed by atoms with Crippen molar-refractivity contribution in [2.45, 2.75) is 13.0 Å². The van der Waals surface area contributed by atoms with Gasteiger partial charge in [0.05, 0.1) is 12.2 Å². The van der Waals surface area contributed by atoms with Crippen molar-refractivity contribution in [1.82, 2.24) is 5.32 Å². The van der Waals surface area contributed by atoms with E-state index in [1.54, 1.807) is 37.3 Å². The maximum Gasteiger partial charge on any atom is 0.238 e. The lowest BCUT2D eigenvalue weighted by Crippen LogP contribution is -2.30. The minimum Gasteiger partial charge on any atom is -0.322 e. The van der Waals surface area contributed by atoms with Crippen molar-refractivity contribution in [3.05, 3.63) is 65.7 Å². The summed E-state index contributed by atoms with van der Waals surface area (Å²) >= 11 is 0. The number of benzene rings is 2. The van der Waals surface area contributed by atoms with Crippen LogP contribution in [0.5, 0.6) is 0 Å². The highest BCUT2D eigenvalue weighted by Crippen LogP contribution is 2.16. The second-order valence-corrected chi connectivity index (χ2v) is 4.65. The van der Waals surface area contributed by atoms with Gasteiger partial charge in [-0.2, -0.15) is 0 Å². The fourth-order valence-electron chi connectivity index (χ4n) is 1.94. The van der Waals surface area contributed by atoms with Crippen molar-refractivity contribution < 1.29 is 13.6 Å². The third-order valence-electron chi connectivity index (χ3n) is 3.09. The Balaban J connectivity index is 1.90. The fraction of sp³-hybridized carbons (Fsp3) is 0.188. The fourth-order valence-corrected chi connectivity index (χ4v) is 1.94. The van der Waals surface area contributed by atoms with E-state index >= 15 is 0 Å². The van der Waals surface area contributed by atoms with Crippen molar-refractivity contribution >= 4 is 11.6 Å². The monoisotopic (exact) mass is 290 g/mol. The van der Waals surface area contributed by atoms with Gasteiger partial charge in [-0.25, -0.2) is 8.78 Å². The highest BCUT2D eigenvalue weighted by Gasteiger charge is 2.12. The summed E-state index contributed by atoms with van der Waals surface area (Å²) in [6.07, 6.45) is 0. The molecule has 0 fully saturated rings. The second kappa shape index (κ2) is 6.95. The molecule has 0 aromatic heterocycles. The normalized spacial score (nSPS) is 12.0. The molecule has 0 heterocycles. The number of anilines is 1. The van der Waals surface area contributed by atoms with Crippen LogP contribution in [0.2, 0.25) is 0 Å². The molecule has 0 aliphatic rings. The molecular weight excluding hydrogens is 274 g/mol. The number of amides is 1. The predicted octanol–water partition coefficient (Wildman–Crippen LogP) is 3.25. The molecule has 5 heteroatoms. The Labute approximate surface area is 122 Å². The van der Waals surface area contributed by atoms with Gasteiger partial charge >= 0.3 is 0 Å². The van der Waals surface area contributed by atoms with E-state index in [1.165, 1.54) is 18.2 Å². The van der Waals surface area contributed by atoms with E-state index in [-0.39, 0.29) is 30.0 Å². The van der Waals surface area contributed by atoms with Gasteiger partial charge in [0.1, 0.15) is 11.6 Å². The summed E-state index contributed by atoms with van der Waals surface area (Å²) in [5.41, 5.74) is 0.610. The van der Waals surface area contributed by atoms with Gasteiger partial charge < -0.3 is 10.6 Å². The summed E-state index contributed by atoms with van der Waals surface area (Å²) in [6.45, 7) is 1.72. The molecule has 21 heavy (non-hydrogen) atoms. The van der Waals surface area contributed by atoms with E-state index in [0.29, 0.717) is 5.56 Å². The Kier molecular flexibility index (Phi) is 5.00. The smallest absolute Gasteiger partial charge is 0.238 e. The van der Waals surface area contributed by atoms with Crippen molar-refractivity contribution in [2.75, 3.05) is 11.9 Å². The molecule has 2 aromatic carbocycles. The largest absolute Gasteiger partial charge is 0.322 e. The molecule has 0 aliphatic heterocycles. The average Bonchev–Trinajstić information content (AvgIpc) is 2.48. The first kappa shape index (κ1) is 15.1. The van der Waals surface area contributed by atoms with Crippen LogP contribution in [0, 0.1) is 11.6 Å². The molecule has 2 rings (SSSR count). The third-order valence-corrected chi connectivity index (χ3v) is 3.09. The molecular formula is C16H16F2N2O. The van der Waals surface area contributed by atoms with Crippen LogP contribution in [-0.2, 0) is 4.79 Å². The van der Waals surface area contributed by atoms with Crippen LogP contribution in [0.4, 0.5) is 14.5 Å². The number of hydrogen-bond donors (Lipinski definition) is 2. The van der Waals surface area contributed by atoms with Gasteiger partial charge in [-0.05, 0) is 25.1 Å². The molecule has 0 spiro atoms. The van der Waals surface area contributed by atoms with Crippen LogP contribution in [0.25, 0.3) is 0 Å². The van der Waals surface area contributed by atoms with Crippen LogP contribution in [0.1, 0.15) is 18.5 Å². The Morgan fingerprint density at radius 3 is 2.33 bits per heavy atom. The molecule has 3 nitrogen and oxygen atoms in total. The number of nitrogens with one attached hydrogen (secondary N) is 2. The van der Waals surface area contributed by atoms with Gasteiger partial charge in [-0.3, -0.25) is 4.79 Å². The zero-order chi connectivity index (χ0) is 15.2. The van der Waals surface area contributed by atoms with Crippen LogP contribution >= 0.6 is 0 Å². The maximum atomic E-state index is 13.6. The quantitative estimate of drug-likeness (QED) is 0.887. The number of hydrogen-bond acceptors (Lipinski definition) is 2. The van der Waals surface area contributed by atoms with E-state index < -0.39 is 5.82 Å². The molecule has 0 saturated heterocycles. The maximum absolute atomic E-state index is 13.6. The van der Waals surface area contributed by atoms with E-state index in [4.69, 9.17) is 0 Å². The third kappa shape index (κ3) is 4.10. The van der Waals surface area contributed by atoms with Crippen molar-refractivity contribution in [1.29, 1.82) is 0 Å². The summed E-state index contributed by atoms with van der Waals surface area (Å²) < 4.78 is 27.0. The minimum atomic E-state index is -0.493. The Bertz CT molecular complexity index is 631. The first-order valence-corrected chi connectivity index (χ1v) is 6.60. The Morgan fingerprint density at radius 2 is 1.67 bits per heavy atom. The minimum absolute atomic E-state index is 0.0379. The Morgan fingerprint density at radius 1 is 1.05 bits per heavy atom. The van der Waals surface area contributed by atoms with E-state index in [0.717, 1.165) is 0 Å². The van der Waals surface area contributed by atoms with Gasteiger partial charge in [0.25, 0.3) is 0 Å². The SMILES string of the molecule is CC(NCC(=O)Nc1ccccc1F)c1ccccc1F. The van der Waals surface area contributed by atoms with Gasteiger partial charge in [0, 0.05) is 11.6 Å². The summed E-state index contributed by atoms with van der Waals surface area (Å²) in [7, 11) is 0. The van der Waals surface area contributed by atoms with Crippen LogP contribution in [-0.4, -0.2) is 12.5 Å². The molecule has 0 saturated carbocycles. The van der Waals surface area contributed by atoms with Gasteiger partial charge in [-0.15, -0.1) is 0 Å². The lowest BCUT2D eigenvalue weighted by atomic mass is 10.1. The number of carbonyl (C=O) groups excluding carboxylic acids is 1. The molecule has 2 aromatic rings. The van der Waals surface area contributed by atoms with Crippen molar-refractivity contribution in [2.24, 2.45) is 0 Å². The number of carbonyl (C=O) groups is 1. The molecule has 1 unspecified atom stereocenters. The molecule has 2 N–H and O–H groups in total. The van der Waals surface area contributed by atoms with Gasteiger partial charge in [-0.1, -0.05) is 30.3 Å². The van der Waals surface area contributed by atoms with E-state index in [1.807, 2.05) is 0 Å². The first-order valence-electron chi connectivity index (χ1n) is 6.60. The van der Waals surface area contributed by atoms with Crippen molar-refractivity contribution in [3.63, 3.8) is 0 Å². The molecule has 0 radical (unpaired) electrons. The van der Waals surface area contributed by atoms with E-state index in [9.17, 15) is 13.6 Å². The van der Waals surface area contributed by atoms with Gasteiger partial charge in [0.15, 0.2) is 0 Å². The van der Waals surface area contributed by atoms with Crippen LogP contribution < -0.4 is 10.6 Å². The first-order chi connectivity index (χ1) is 10.1. The number of halogens is 2. The van der Waals surface area contributed by atoms with Gasteiger partial charge in [0.2, 0.25) is 5.91 Å². The molecule has 110 valence electrons. The Hall–Kier alpha value is -2.27. The number of para-hydroxylation sites is 1. The van der Waals surface area contributed by atoms with Crippen LogP contribution in [0.3, 0.4) is 0 Å². The molecule has 0 aliphatic carbocycles. The number of rotatable bonds is 5. The summed E-state index contributed by atoms with van der Waals surface area (Å²) in [4.78, 5) is 11.8. The highest BCUT2D eigenvalue weighted by atomic mass is 19.1. The lowest BCUT2D eigenvalue weighted by molar-refractivity contribution is -0.115. The van der Waals surface area contributed by atoms with E-state index in [2.05, 4.69) is 10.6 Å². The standard InChI is InChI=1S/C16H16F2N2O/c1-11(12-6-2-3-7-13(12)17)19-10-16(21)20-15-9-5-4-8-14(15)18/h2-9,11,19H,10H2,1H3,(H,20,21). The van der Waals surface area contributed by atoms with Crippen molar-refractivity contribution in [3.8, 4) is 0 Å². The zero-order valence-electron chi connectivity index (χ0n) is 11.6. The molecule has 0 bridgehead atoms. The molecule has 1 atom stereocenters. The summed E-state index contributed by atoms with van der Waals surface area (Å²) in [6, 6.07) is 12.0. The summed E-state index contributed by atoms with van der Waals surface area (Å²) in [5, 5.41) is 5.37. The lowest BCUT2D eigenvalue weighted by Gasteiger charge is -2.15. The zero-order valence-corrected chi connectivity index (χ0v) is 11.6. The predicted molar refractivity (Wildman–Crippen MR) is 77.8 cm³/mol. The topological polar surface area (TPSA) is 41.1 Å². The summed E-state index contributed by atoms with van der Waals surface area (Å²) in [5.74, 6) is -1.21. The molecule has 1 amide bonds. The second-order valence-electron chi connectivity index (χ2n) is 4.65. The average molecular weight is 290 g/mol. The van der Waals surface area contributed by atoms with Crippen LogP contribution in [0.15, 0.2) is 48.5 Å².